The van der Waals surface area contributed by atoms with E-state index in [9.17, 15) is 4.79 Å². The summed E-state index contributed by atoms with van der Waals surface area (Å²) in [5, 5.41) is 0. The molecule has 156 valence electrons. The van der Waals surface area contributed by atoms with Gasteiger partial charge in [0.05, 0.1) is 27.0 Å². The molecule has 0 aliphatic heterocycles. The summed E-state index contributed by atoms with van der Waals surface area (Å²) in [7, 11) is 4.02. The average Bonchev–Trinajstić information content (AvgIpc) is 2.55. The van der Waals surface area contributed by atoms with Crippen LogP contribution in [0, 0.1) is 0 Å². The van der Waals surface area contributed by atoms with Crippen molar-refractivity contribution in [2.75, 3.05) is 40.4 Å². The molecule has 0 aliphatic carbocycles. The van der Waals surface area contributed by atoms with Gasteiger partial charge in [-0.25, -0.2) is 4.79 Å². The molecule has 0 aliphatic rings. The number of esters is 1. The quantitative estimate of drug-likeness (QED) is 0.155. The Kier molecular flexibility index (Phi) is 20.1. The minimum atomic E-state index is -0.115. The maximum atomic E-state index is 11.9. The maximum absolute atomic E-state index is 11.9. The molecule has 4 nitrogen and oxygen atoms in total. The third kappa shape index (κ3) is 19.6. The predicted octanol–water partition coefficient (Wildman–Crippen LogP) is 2.08. The van der Waals surface area contributed by atoms with Crippen LogP contribution in [0.3, 0.4) is 0 Å². The van der Waals surface area contributed by atoms with E-state index in [0.29, 0.717) is 24.2 Å². The highest BCUT2D eigenvalue weighted by atomic mass is 35.5. The lowest BCUT2D eigenvalue weighted by molar-refractivity contribution is -0.883. The molecular weight excluding hydrogens is 350 g/mol. The van der Waals surface area contributed by atoms with Crippen molar-refractivity contribution in [1.29, 1.82) is 0 Å². The summed E-state index contributed by atoms with van der Waals surface area (Å²) in [5.41, 5.74) is 0. The van der Waals surface area contributed by atoms with Gasteiger partial charge in [-0.15, -0.1) is 0 Å². The number of ether oxygens (including phenoxy) is 2. The van der Waals surface area contributed by atoms with Gasteiger partial charge in [-0.3, -0.25) is 0 Å². The lowest BCUT2D eigenvalue weighted by Gasteiger charge is -2.28. The topological polar surface area (TPSA) is 35.5 Å². The van der Waals surface area contributed by atoms with Crippen molar-refractivity contribution in [3.63, 3.8) is 0 Å². The molecular formula is C21H42ClNO3. The Balaban J connectivity index is 0. The molecule has 0 atom stereocenters. The minimum absolute atomic E-state index is 0. The van der Waals surface area contributed by atoms with Gasteiger partial charge in [-0.05, 0) is 6.42 Å². The Hall–Kier alpha value is -0.740. The number of hydrogen-bond acceptors (Lipinski definition) is 3. The summed E-state index contributed by atoms with van der Waals surface area (Å²) in [6.45, 7) is 8.05. The average molecular weight is 392 g/mol. The molecule has 0 amide bonds. The molecule has 0 saturated heterocycles. The summed E-state index contributed by atoms with van der Waals surface area (Å²) in [5.74, 6) is -0.115. The SMILES string of the molecule is C=COCC[N+](C)(C)CC(=O)OCCCCCCCCCCCCC.[Cl-]. The van der Waals surface area contributed by atoms with Crippen molar-refractivity contribution >= 4 is 5.97 Å². The second-order valence-corrected chi connectivity index (χ2v) is 7.61. The molecule has 0 aromatic heterocycles. The Bertz CT molecular complexity index is 335. The molecule has 0 rings (SSSR count). The number of quaternary nitrogens is 1. The number of likely N-dealkylation sites (N-methyl/N-ethyl adjacent to an activating group) is 1. The number of hydrogen-bond donors (Lipinski definition) is 0. The van der Waals surface area contributed by atoms with Crippen molar-refractivity contribution in [2.45, 2.75) is 77.6 Å². The zero-order chi connectivity index (χ0) is 18.8. The van der Waals surface area contributed by atoms with Crippen molar-refractivity contribution in [3.8, 4) is 0 Å². The Morgan fingerprint density at radius 1 is 0.885 bits per heavy atom. The minimum Gasteiger partial charge on any atom is -1.00 e. The standard InChI is InChI=1S/C21H42NO3.ClH/c1-5-7-8-9-10-11-12-13-14-15-16-18-25-21(23)20-22(3,4)17-19-24-6-2;/h6H,2,5,7-20H2,1,3-4H3;1H/q+1;/p-1. The van der Waals surface area contributed by atoms with E-state index < -0.39 is 0 Å². The molecule has 26 heavy (non-hydrogen) atoms. The summed E-state index contributed by atoms with van der Waals surface area (Å²) in [4.78, 5) is 11.9. The second-order valence-electron chi connectivity index (χ2n) is 7.61. The van der Waals surface area contributed by atoms with Gasteiger partial charge in [0.25, 0.3) is 0 Å². The lowest BCUT2D eigenvalue weighted by atomic mass is 10.1. The van der Waals surface area contributed by atoms with Crippen molar-refractivity contribution in [2.24, 2.45) is 0 Å². The fourth-order valence-electron chi connectivity index (χ4n) is 2.81. The first-order valence-corrected chi connectivity index (χ1v) is 10.2. The summed E-state index contributed by atoms with van der Waals surface area (Å²) in [6.07, 6.45) is 15.8. The lowest BCUT2D eigenvalue weighted by Crippen LogP contribution is -3.00. The van der Waals surface area contributed by atoms with Gasteiger partial charge in [-0.1, -0.05) is 77.7 Å². The molecule has 0 spiro atoms. The zero-order valence-corrected chi connectivity index (χ0v) is 18.2. The molecule has 5 heteroatoms. The number of unbranched alkanes of at least 4 members (excludes halogenated alkanes) is 10. The fourth-order valence-corrected chi connectivity index (χ4v) is 2.81. The third-order valence-electron chi connectivity index (χ3n) is 4.50. The van der Waals surface area contributed by atoms with Crippen LogP contribution >= 0.6 is 0 Å². The number of halogens is 1. The Labute approximate surface area is 168 Å². The smallest absolute Gasteiger partial charge is 0.361 e. The highest BCUT2D eigenvalue weighted by Gasteiger charge is 2.20. The van der Waals surface area contributed by atoms with E-state index in [0.717, 1.165) is 19.4 Å². The molecule has 0 heterocycles. The molecule has 0 aromatic rings. The first-order valence-electron chi connectivity index (χ1n) is 10.2. The Morgan fingerprint density at radius 3 is 1.88 bits per heavy atom. The number of carbonyl (C=O) groups is 1. The van der Waals surface area contributed by atoms with E-state index in [1.54, 1.807) is 0 Å². The van der Waals surface area contributed by atoms with Crippen molar-refractivity contribution in [3.05, 3.63) is 12.8 Å². The van der Waals surface area contributed by atoms with E-state index in [2.05, 4.69) is 13.5 Å². The van der Waals surface area contributed by atoms with Crippen molar-refractivity contribution in [1.82, 2.24) is 0 Å². The fraction of sp³-hybridized carbons (Fsp3) is 0.857. The molecule has 0 bridgehead atoms. The van der Waals surface area contributed by atoms with Gasteiger partial charge in [0.15, 0.2) is 6.54 Å². The van der Waals surface area contributed by atoms with E-state index in [-0.39, 0.29) is 18.4 Å². The van der Waals surface area contributed by atoms with E-state index in [1.165, 1.54) is 64.0 Å². The molecule has 0 N–H and O–H groups in total. The largest absolute Gasteiger partial charge is 1.00 e. The van der Waals surface area contributed by atoms with E-state index in [1.807, 2.05) is 14.1 Å². The molecule has 0 aromatic carbocycles. The number of nitrogens with zero attached hydrogens (tertiary/aromatic N) is 1. The maximum Gasteiger partial charge on any atom is 0.361 e. The van der Waals surface area contributed by atoms with E-state index >= 15 is 0 Å². The van der Waals surface area contributed by atoms with Crippen LogP contribution in [0.2, 0.25) is 0 Å². The van der Waals surface area contributed by atoms with Crippen LogP contribution in [-0.2, 0) is 14.3 Å². The van der Waals surface area contributed by atoms with Crippen LogP contribution in [0.5, 0.6) is 0 Å². The Morgan fingerprint density at radius 2 is 1.38 bits per heavy atom. The van der Waals surface area contributed by atoms with Gasteiger partial charge in [0.1, 0.15) is 13.2 Å². The second kappa shape index (κ2) is 19.0. The van der Waals surface area contributed by atoms with Crippen LogP contribution in [0.1, 0.15) is 77.6 Å². The summed E-state index contributed by atoms with van der Waals surface area (Å²) in [6, 6.07) is 0. The van der Waals surface area contributed by atoms with Crippen LogP contribution in [0.4, 0.5) is 0 Å². The zero-order valence-electron chi connectivity index (χ0n) is 17.4. The normalized spacial score (nSPS) is 10.9. The highest BCUT2D eigenvalue weighted by Crippen LogP contribution is 2.11. The molecule has 0 fully saturated rings. The number of rotatable bonds is 18. The third-order valence-corrected chi connectivity index (χ3v) is 4.50. The van der Waals surface area contributed by atoms with Gasteiger partial charge in [0, 0.05) is 0 Å². The van der Waals surface area contributed by atoms with Crippen LogP contribution in [0.15, 0.2) is 12.8 Å². The van der Waals surface area contributed by atoms with Crippen LogP contribution in [-0.4, -0.2) is 50.9 Å². The van der Waals surface area contributed by atoms with Gasteiger partial charge in [0.2, 0.25) is 0 Å². The first-order chi connectivity index (χ1) is 12.0. The van der Waals surface area contributed by atoms with Gasteiger partial charge in [-0.2, -0.15) is 0 Å². The van der Waals surface area contributed by atoms with Crippen LogP contribution in [0.25, 0.3) is 0 Å². The summed E-state index contributed by atoms with van der Waals surface area (Å²) < 4.78 is 11.1. The predicted molar refractivity (Wildman–Crippen MR) is 105 cm³/mol. The first kappa shape index (κ1) is 27.5. The van der Waals surface area contributed by atoms with Crippen molar-refractivity contribution < 1.29 is 31.2 Å². The van der Waals surface area contributed by atoms with E-state index in [4.69, 9.17) is 9.47 Å². The molecule has 0 radical (unpaired) electrons. The van der Waals surface area contributed by atoms with Crippen LogP contribution < -0.4 is 12.4 Å². The van der Waals surface area contributed by atoms with Gasteiger partial charge < -0.3 is 26.4 Å². The number of carbonyl (C=O) groups excluding carboxylic acids is 1. The monoisotopic (exact) mass is 391 g/mol. The summed E-state index contributed by atoms with van der Waals surface area (Å²) >= 11 is 0. The molecule has 0 unspecified atom stereocenters. The molecule has 0 saturated carbocycles. The highest BCUT2D eigenvalue weighted by molar-refractivity contribution is 5.70. The van der Waals surface area contributed by atoms with Gasteiger partial charge >= 0.3 is 5.97 Å².